The zero-order valence-electron chi connectivity index (χ0n) is 11.2. The fraction of sp³-hybridized carbons (Fsp3) is 0.500. The van der Waals surface area contributed by atoms with E-state index in [0.29, 0.717) is 5.88 Å². The highest BCUT2D eigenvalue weighted by molar-refractivity contribution is 5.36. The van der Waals surface area contributed by atoms with Crippen LogP contribution in [0.3, 0.4) is 0 Å². The largest absolute Gasteiger partial charge is 0.475 e. The van der Waals surface area contributed by atoms with E-state index in [9.17, 15) is 0 Å². The van der Waals surface area contributed by atoms with E-state index < -0.39 is 0 Å². The minimum Gasteiger partial charge on any atom is -0.475 e. The highest BCUT2D eigenvalue weighted by Gasteiger charge is 2.01. The third-order valence-corrected chi connectivity index (χ3v) is 2.34. The Morgan fingerprint density at radius 1 is 1.37 bits per heavy atom. The van der Waals surface area contributed by atoms with Crippen LogP contribution in [0.15, 0.2) is 24.8 Å². The van der Waals surface area contributed by atoms with Gasteiger partial charge in [0.15, 0.2) is 0 Å². The SMILES string of the molecule is CC(C)Oc1cc(NCCCn2ccnn2)ncn1. The van der Waals surface area contributed by atoms with Crippen LogP contribution in [-0.4, -0.2) is 37.6 Å². The molecule has 0 aliphatic carbocycles. The Morgan fingerprint density at radius 3 is 3.00 bits per heavy atom. The van der Waals surface area contributed by atoms with Crippen LogP contribution in [0.4, 0.5) is 5.82 Å². The van der Waals surface area contributed by atoms with E-state index in [-0.39, 0.29) is 6.10 Å². The van der Waals surface area contributed by atoms with E-state index in [1.165, 1.54) is 6.33 Å². The topological polar surface area (TPSA) is 77.8 Å². The van der Waals surface area contributed by atoms with Gasteiger partial charge in [0.05, 0.1) is 12.3 Å². The fourth-order valence-corrected chi connectivity index (χ4v) is 1.55. The van der Waals surface area contributed by atoms with Gasteiger partial charge < -0.3 is 10.1 Å². The number of aromatic nitrogens is 5. The van der Waals surface area contributed by atoms with Gasteiger partial charge in [-0.25, -0.2) is 9.97 Å². The maximum Gasteiger partial charge on any atom is 0.218 e. The van der Waals surface area contributed by atoms with Gasteiger partial charge in [-0.05, 0) is 20.3 Å². The first-order valence-electron chi connectivity index (χ1n) is 6.31. The third-order valence-electron chi connectivity index (χ3n) is 2.34. The molecule has 2 heterocycles. The molecule has 1 N–H and O–H groups in total. The Morgan fingerprint density at radius 2 is 2.26 bits per heavy atom. The molecule has 0 aliphatic heterocycles. The lowest BCUT2D eigenvalue weighted by atomic mass is 10.4. The smallest absolute Gasteiger partial charge is 0.218 e. The summed E-state index contributed by atoms with van der Waals surface area (Å²) in [5.41, 5.74) is 0. The van der Waals surface area contributed by atoms with Crippen molar-refractivity contribution >= 4 is 5.82 Å². The van der Waals surface area contributed by atoms with Gasteiger partial charge in [-0.15, -0.1) is 5.10 Å². The van der Waals surface area contributed by atoms with Crippen LogP contribution in [0.1, 0.15) is 20.3 Å². The molecule has 2 aromatic rings. The number of nitrogens with zero attached hydrogens (tertiary/aromatic N) is 5. The Balaban J connectivity index is 1.76. The average molecular weight is 262 g/mol. The van der Waals surface area contributed by atoms with Gasteiger partial charge in [-0.1, -0.05) is 5.21 Å². The molecule has 2 aromatic heterocycles. The minimum absolute atomic E-state index is 0.107. The van der Waals surface area contributed by atoms with Gasteiger partial charge in [-0.2, -0.15) is 0 Å². The minimum atomic E-state index is 0.107. The fourth-order valence-electron chi connectivity index (χ4n) is 1.55. The second-order valence-corrected chi connectivity index (χ2v) is 4.35. The van der Waals surface area contributed by atoms with E-state index in [1.807, 2.05) is 20.0 Å². The molecule has 102 valence electrons. The molecule has 0 aliphatic rings. The molecule has 0 atom stereocenters. The zero-order chi connectivity index (χ0) is 13.5. The summed E-state index contributed by atoms with van der Waals surface area (Å²) in [4.78, 5) is 8.20. The molecule has 0 unspecified atom stereocenters. The number of hydrogen-bond donors (Lipinski definition) is 1. The van der Waals surface area contributed by atoms with Crippen LogP contribution in [0.25, 0.3) is 0 Å². The highest BCUT2D eigenvalue weighted by atomic mass is 16.5. The summed E-state index contributed by atoms with van der Waals surface area (Å²) in [7, 11) is 0. The third kappa shape index (κ3) is 4.53. The van der Waals surface area contributed by atoms with Gasteiger partial charge in [0.25, 0.3) is 0 Å². The standard InChI is InChI=1S/C12H18N6O/c1-10(2)19-12-8-11(14-9-15-12)13-4-3-6-18-7-5-16-17-18/h5,7-10H,3-4,6H2,1-2H3,(H,13,14,15). The van der Waals surface area contributed by atoms with Crippen LogP contribution in [0, 0.1) is 0 Å². The molecule has 7 heteroatoms. The van der Waals surface area contributed by atoms with Crippen molar-refractivity contribution in [3.05, 3.63) is 24.8 Å². The van der Waals surface area contributed by atoms with Crippen LogP contribution in [0.5, 0.6) is 5.88 Å². The molecule has 0 radical (unpaired) electrons. The van der Waals surface area contributed by atoms with Crippen LogP contribution >= 0.6 is 0 Å². The molecular weight excluding hydrogens is 244 g/mol. The quantitative estimate of drug-likeness (QED) is 0.759. The van der Waals surface area contributed by atoms with Crippen molar-refractivity contribution in [2.45, 2.75) is 32.9 Å². The lowest BCUT2D eigenvalue weighted by Gasteiger charge is -2.10. The predicted octanol–water partition coefficient (Wildman–Crippen LogP) is 1.36. The van der Waals surface area contributed by atoms with E-state index in [0.717, 1.165) is 25.3 Å². The van der Waals surface area contributed by atoms with Crippen molar-refractivity contribution in [1.29, 1.82) is 0 Å². The second-order valence-electron chi connectivity index (χ2n) is 4.35. The molecule has 0 spiro atoms. The van der Waals surface area contributed by atoms with Crippen molar-refractivity contribution in [3.8, 4) is 5.88 Å². The normalized spacial score (nSPS) is 10.7. The number of ether oxygens (including phenoxy) is 1. The number of aryl methyl sites for hydroxylation is 1. The number of hydrogen-bond acceptors (Lipinski definition) is 6. The van der Waals surface area contributed by atoms with E-state index in [4.69, 9.17) is 4.74 Å². The number of nitrogens with one attached hydrogen (secondary N) is 1. The van der Waals surface area contributed by atoms with Gasteiger partial charge in [0.2, 0.25) is 5.88 Å². The number of rotatable bonds is 7. The average Bonchev–Trinajstić information content (AvgIpc) is 2.87. The molecule has 0 amide bonds. The summed E-state index contributed by atoms with van der Waals surface area (Å²) in [6, 6.07) is 1.80. The molecule has 0 aromatic carbocycles. The predicted molar refractivity (Wildman–Crippen MR) is 70.9 cm³/mol. The lowest BCUT2D eigenvalue weighted by molar-refractivity contribution is 0.232. The second kappa shape index (κ2) is 6.67. The molecule has 0 saturated carbocycles. The van der Waals surface area contributed by atoms with Crippen molar-refractivity contribution in [2.75, 3.05) is 11.9 Å². The van der Waals surface area contributed by atoms with Crippen LogP contribution in [0.2, 0.25) is 0 Å². The highest BCUT2D eigenvalue weighted by Crippen LogP contribution is 2.12. The number of anilines is 1. The first-order valence-corrected chi connectivity index (χ1v) is 6.31. The maximum absolute atomic E-state index is 5.51. The first kappa shape index (κ1) is 13.3. The molecular formula is C12H18N6O. The Hall–Kier alpha value is -2.18. The summed E-state index contributed by atoms with van der Waals surface area (Å²) in [6.07, 6.45) is 6.06. The molecule has 7 nitrogen and oxygen atoms in total. The van der Waals surface area contributed by atoms with Gasteiger partial charge in [-0.3, -0.25) is 4.68 Å². The Labute approximate surface area is 112 Å². The van der Waals surface area contributed by atoms with Gasteiger partial charge >= 0.3 is 0 Å². The van der Waals surface area contributed by atoms with Crippen molar-refractivity contribution < 1.29 is 4.74 Å². The summed E-state index contributed by atoms with van der Waals surface area (Å²) in [5, 5.41) is 10.9. The summed E-state index contributed by atoms with van der Waals surface area (Å²) < 4.78 is 7.31. The lowest BCUT2D eigenvalue weighted by Crippen LogP contribution is -2.10. The van der Waals surface area contributed by atoms with Crippen molar-refractivity contribution in [1.82, 2.24) is 25.0 Å². The van der Waals surface area contributed by atoms with E-state index >= 15 is 0 Å². The first-order chi connectivity index (χ1) is 9.24. The summed E-state index contributed by atoms with van der Waals surface area (Å²) in [6.45, 7) is 5.56. The van der Waals surface area contributed by atoms with Gasteiger partial charge in [0.1, 0.15) is 12.1 Å². The van der Waals surface area contributed by atoms with Crippen molar-refractivity contribution in [3.63, 3.8) is 0 Å². The summed E-state index contributed by atoms with van der Waals surface area (Å²) >= 11 is 0. The summed E-state index contributed by atoms with van der Waals surface area (Å²) in [5.74, 6) is 1.35. The van der Waals surface area contributed by atoms with Crippen LogP contribution in [-0.2, 0) is 6.54 Å². The molecule has 0 fully saturated rings. The zero-order valence-corrected chi connectivity index (χ0v) is 11.2. The van der Waals surface area contributed by atoms with Gasteiger partial charge in [0, 0.05) is 25.4 Å². The molecule has 0 bridgehead atoms. The molecule has 2 rings (SSSR count). The molecule has 19 heavy (non-hydrogen) atoms. The van der Waals surface area contributed by atoms with Crippen molar-refractivity contribution in [2.24, 2.45) is 0 Å². The van der Waals surface area contributed by atoms with E-state index in [1.54, 1.807) is 16.9 Å². The monoisotopic (exact) mass is 262 g/mol. The molecule has 0 saturated heterocycles. The maximum atomic E-state index is 5.51. The Kier molecular flexibility index (Phi) is 4.66. The van der Waals surface area contributed by atoms with E-state index in [2.05, 4.69) is 25.6 Å². The Bertz CT molecular complexity index is 485. The van der Waals surface area contributed by atoms with Crippen LogP contribution < -0.4 is 10.1 Å².